The molecule has 2 aromatic carbocycles. The highest BCUT2D eigenvalue weighted by Gasteiger charge is 2.02. The fraction of sp³-hybridized carbons (Fsp3) is 0.174. The third-order valence-corrected chi connectivity index (χ3v) is 4.30. The number of nitrogens with zero attached hydrogens (tertiary/aromatic N) is 1. The number of pyridine rings is 1. The summed E-state index contributed by atoms with van der Waals surface area (Å²) >= 11 is 0. The summed E-state index contributed by atoms with van der Waals surface area (Å²) in [6, 6.07) is 23.2. The molecular weight excluding hydrogens is 304 g/mol. The van der Waals surface area contributed by atoms with E-state index < -0.39 is 0 Å². The number of aryl methyl sites for hydroxylation is 1. The second-order valence-corrected chi connectivity index (χ2v) is 6.21. The third kappa shape index (κ3) is 4.80. The topological polar surface area (TPSA) is 24.9 Å². The van der Waals surface area contributed by atoms with Crippen LogP contribution < -0.4 is 5.32 Å². The van der Waals surface area contributed by atoms with Crippen LogP contribution in [0.4, 0.5) is 0 Å². The lowest BCUT2D eigenvalue weighted by molar-refractivity contribution is 0.779. The Hall–Kier alpha value is -2.87. The van der Waals surface area contributed by atoms with Gasteiger partial charge in [0, 0.05) is 36.1 Å². The molecule has 2 nitrogen and oxygen atoms in total. The van der Waals surface area contributed by atoms with E-state index in [1.165, 1.54) is 16.7 Å². The molecule has 0 fully saturated rings. The first-order chi connectivity index (χ1) is 12.2. The Morgan fingerprint density at radius 3 is 2.24 bits per heavy atom. The first kappa shape index (κ1) is 17.0. The van der Waals surface area contributed by atoms with Crippen molar-refractivity contribution in [3.63, 3.8) is 0 Å². The van der Waals surface area contributed by atoms with Gasteiger partial charge in [0.05, 0.1) is 0 Å². The van der Waals surface area contributed by atoms with Gasteiger partial charge in [0.1, 0.15) is 0 Å². The Bertz CT molecular complexity index is 803. The zero-order valence-corrected chi connectivity index (χ0v) is 14.7. The summed E-state index contributed by atoms with van der Waals surface area (Å²) in [5, 5.41) is 3.37. The van der Waals surface area contributed by atoms with Gasteiger partial charge in [-0.05, 0) is 29.2 Å². The van der Waals surface area contributed by atoms with Crippen molar-refractivity contribution in [1.29, 1.82) is 0 Å². The van der Waals surface area contributed by atoms with Gasteiger partial charge >= 0.3 is 0 Å². The highest BCUT2D eigenvalue weighted by molar-refractivity contribution is 5.62. The van der Waals surface area contributed by atoms with Crippen molar-refractivity contribution in [3.8, 4) is 11.1 Å². The summed E-state index contributed by atoms with van der Waals surface area (Å²) in [5.74, 6) is 0. The molecule has 0 radical (unpaired) electrons. The monoisotopic (exact) mass is 328 g/mol. The SMILES string of the molecule is C=C(Cc1ccc(-c2ccc(CC)cc2)cn1)NCc1ccccc1. The Morgan fingerprint density at radius 1 is 0.880 bits per heavy atom. The molecule has 0 saturated carbocycles. The lowest BCUT2D eigenvalue weighted by Crippen LogP contribution is -2.14. The van der Waals surface area contributed by atoms with Crippen molar-refractivity contribution in [2.45, 2.75) is 26.3 Å². The Morgan fingerprint density at radius 2 is 1.60 bits per heavy atom. The number of rotatable bonds is 7. The number of hydrogen-bond acceptors (Lipinski definition) is 2. The second-order valence-electron chi connectivity index (χ2n) is 6.21. The van der Waals surface area contributed by atoms with Gasteiger partial charge in [0.2, 0.25) is 0 Å². The van der Waals surface area contributed by atoms with Crippen LogP contribution in [0.5, 0.6) is 0 Å². The highest BCUT2D eigenvalue weighted by atomic mass is 14.9. The van der Waals surface area contributed by atoms with E-state index in [0.29, 0.717) is 0 Å². The minimum atomic E-state index is 0.738. The smallest absolute Gasteiger partial charge is 0.0462 e. The third-order valence-electron chi connectivity index (χ3n) is 4.30. The van der Waals surface area contributed by atoms with E-state index in [1.54, 1.807) is 0 Å². The molecule has 0 aliphatic carbocycles. The Balaban J connectivity index is 1.57. The van der Waals surface area contributed by atoms with Crippen LogP contribution in [0.2, 0.25) is 0 Å². The van der Waals surface area contributed by atoms with E-state index in [-0.39, 0.29) is 0 Å². The molecule has 0 amide bonds. The predicted molar refractivity (Wildman–Crippen MR) is 105 cm³/mol. The second kappa shape index (κ2) is 8.29. The molecule has 0 bridgehead atoms. The quantitative estimate of drug-likeness (QED) is 0.648. The zero-order valence-electron chi connectivity index (χ0n) is 14.7. The van der Waals surface area contributed by atoms with E-state index in [0.717, 1.165) is 36.3 Å². The van der Waals surface area contributed by atoms with E-state index in [4.69, 9.17) is 0 Å². The maximum Gasteiger partial charge on any atom is 0.0462 e. The van der Waals surface area contributed by atoms with Crippen LogP contribution in [-0.2, 0) is 19.4 Å². The molecule has 0 unspecified atom stereocenters. The van der Waals surface area contributed by atoms with Gasteiger partial charge in [-0.3, -0.25) is 4.98 Å². The van der Waals surface area contributed by atoms with E-state index >= 15 is 0 Å². The van der Waals surface area contributed by atoms with Crippen molar-refractivity contribution in [2.24, 2.45) is 0 Å². The minimum absolute atomic E-state index is 0.738. The summed E-state index contributed by atoms with van der Waals surface area (Å²) in [5.41, 5.74) is 6.97. The zero-order chi connectivity index (χ0) is 17.5. The molecule has 0 aliphatic rings. The molecule has 3 rings (SSSR count). The van der Waals surface area contributed by atoms with Crippen molar-refractivity contribution in [3.05, 3.63) is 102 Å². The van der Waals surface area contributed by atoms with Crippen LogP contribution in [0, 0.1) is 0 Å². The standard InChI is InChI=1S/C23H24N2/c1-3-19-9-11-21(12-10-19)22-13-14-23(25-17-22)15-18(2)24-16-20-7-5-4-6-8-20/h4-14,17,24H,2-3,15-16H2,1H3. The summed E-state index contributed by atoms with van der Waals surface area (Å²) in [6.45, 7) is 7.08. The normalized spacial score (nSPS) is 10.4. The molecule has 1 N–H and O–H groups in total. The van der Waals surface area contributed by atoms with Gasteiger partial charge in [-0.15, -0.1) is 0 Å². The van der Waals surface area contributed by atoms with Crippen LogP contribution in [0.25, 0.3) is 11.1 Å². The number of benzene rings is 2. The lowest BCUT2D eigenvalue weighted by atomic mass is 10.0. The summed E-state index contributed by atoms with van der Waals surface area (Å²) in [4.78, 5) is 4.59. The van der Waals surface area contributed by atoms with E-state index in [9.17, 15) is 0 Å². The van der Waals surface area contributed by atoms with Crippen molar-refractivity contribution in [2.75, 3.05) is 0 Å². The molecule has 2 heteroatoms. The van der Waals surface area contributed by atoms with Crippen LogP contribution in [0.1, 0.15) is 23.7 Å². The number of nitrogens with one attached hydrogen (secondary N) is 1. The van der Waals surface area contributed by atoms with Crippen LogP contribution in [0.3, 0.4) is 0 Å². The molecule has 1 heterocycles. The summed E-state index contributed by atoms with van der Waals surface area (Å²) in [6.07, 6.45) is 3.75. The van der Waals surface area contributed by atoms with Crippen LogP contribution >= 0.6 is 0 Å². The molecule has 1 aromatic heterocycles. The van der Waals surface area contributed by atoms with Gasteiger partial charge in [0.15, 0.2) is 0 Å². The van der Waals surface area contributed by atoms with Gasteiger partial charge in [-0.2, -0.15) is 0 Å². The maximum absolute atomic E-state index is 4.59. The Labute approximate surface area is 150 Å². The lowest BCUT2D eigenvalue weighted by Gasteiger charge is -2.10. The van der Waals surface area contributed by atoms with Crippen LogP contribution in [0.15, 0.2) is 85.2 Å². The first-order valence-corrected chi connectivity index (χ1v) is 8.74. The highest BCUT2D eigenvalue weighted by Crippen LogP contribution is 2.19. The molecule has 25 heavy (non-hydrogen) atoms. The van der Waals surface area contributed by atoms with Crippen molar-refractivity contribution in [1.82, 2.24) is 10.3 Å². The fourth-order valence-corrected chi connectivity index (χ4v) is 2.74. The van der Waals surface area contributed by atoms with Crippen molar-refractivity contribution >= 4 is 0 Å². The van der Waals surface area contributed by atoms with Gasteiger partial charge in [-0.1, -0.05) is 74.2 Å². The molecule has 0 aliphatic heterocycles. The molecule has 3 aromatic rings. The Kier molecular flexibility index (Phi) is 5.63. The van der Waals surface area contributed by atoms with Gasteiger partial charge < -0.3 is 5.32 Å². The summed E-state index contributed by atoms with van der Waals surface area (Å²) in [7, 11) is 0. The average molecular weight is 328 g/mol. The molecular formula is C23H24N2. The van der Waals surface area contributed by atoms with E-state index in [2.05, 4.69) is 72.3 Å². The number of hydrogen-bond donors (Lipinski definition) is 1. The van der Waals surface area contributed by atoms with E-state index in [1.807, 2.05) is 24.4 Å². The maximum atomic E-state index is 4.59. The average Bonchev–Trinajstić information content (AvgIpc) is 2.68. The number of allylic oxidation sites excluding steroid dienone is 1. The largest absolute Gasteiger partial charge is 0.384 e. The molecule has 0 spiro atoms. The minimum Gasteiger partial charge on any atom is -0.384 e. The summed E-state index contributed by atoms with van der Waals surface area (Å²) < 4.78 is 0. The fourth-order valence-electron chi connectivity index (χ4n) is 2.74. The van der Waals surface area contributed by atoms with Crippen molar-refractivity contribution < 1.29 is 0 Å². The molecule has 126 valence electrons. The molecule has 0 atom stereocenters. The molecule has 0 saturated heterocycles. The van der Waals surface area contributed by atoms with Gasteiger partial charge in [-0.25, -0.2) is 0 Å². The van der Waals surface area contributed by atoms with Gasteiger partial charge in [0.25, 0.3) is 0 Å². The number of aromatic nitrogens is 1. The predicted octanol–water partition coefficient (Wildman–Crippen LogP) is 5.16. The van der Waals surface area contributed by atoms with Crippen LogP contribution in [-0.4, -0.2) is 4.98 Å². The first-order valence-electron chi connectivity index (χ1n) is 8.74.